The van der Waals surface area contributed by atoms with Crippen molar-refractivity contribution in [2.75, 3.05) is 16.8 Å². The average Bonchev–Trinajstić information content (AvgIpc) is 2.44. The first-order valence-electron chi connectivity index (χ1n) is 6.21. The van der Waals surface area contributed by atoms with Crippen molar-refractivity contribution in [1.82, 2.24) is 0 Å². The van der Waals surface area contributed by atoms with Crippen LogP contribution in [0.2, 0.25) is 5.02 Å². The Kier molecular flexibility index (Phi) is 5.47. The molecule has 0 saturated carbocycles. The average molecular weight is 325 g/mol. The molecule has 3 N–H and O–H groups in total. The molecule has 2 rings (SSSR count). The van der Waals surface area contributed by atoms with E-state index in [2.05, 4.69) is 5.32 Å². The summed E-state index contributed by atoms with van der Waals surface area (Å²) >= 11 is 7.28. The van der Waals surface area contributed by atoms with Crippen molar-refractivity contribution in [2.24, 2.45) is 0 Å². The number of benzene rings is 2. The fraction of sp³-hybridized carbons (Fsp3) is 0.133. The predicted octanol–water partition coefficient (Wildman–Crippen LogP) is 3.93. The highest BCUT2D eigenvalue weighted by atomic mass is 35.5. The standard InChI is InChI=1S/C15H14ClFN2OS/c16-11-3-1-10(2-4-11)8-21-9-15(20)19-14-6-5-12(17)7-13(14)18/h1-7H,8-9,18H2,(H,19,20). The number of anilines is 2. The van der Waals surface area contributed by atoms with Gasteiger partial charge in [0.2, 0.25) is 5.91 Å². The summed E-state index contributed by atoms with van der Waals surface area (Å²) in [6.07, 6.45) is 0. The van der Waals surface area contributed by atoms with E-state index in [9.17, 15) is 9.18 Å². The van der Waals surface area contributed by atoms with Gasteiger partial charge >= 0.3 is 0 Å². The molecular formula is C15H14ClFN2OS. The van der Waals surface area contributed by atoms with Crippen LogP contribution in [0.4, 0.5) is 15.8 Å². The van der Waals surface area contributed by atoms with Crippen molar-refractivity contribution >= 4 is 40.6 Å². The van der Waals surface area contributed by atoms with E-state index in [4.69, 9.17) is 17.3 Å². The summed E-state index contributed by atoms with van der Waals surface area (Å²) in [4.78, 5) is 11.8. The predicted molar refractivity (Wildman–Crippen MR) is 87.1 cm³/mol. The molecule has 6 heteroatoms. The third kappa shape index (κ3) is 4.95. The molecule has 0 aliphatic carbocycles. The lowest BCUT2D eigenvalue weighted by Gasteiger charge is -2.08. The molecule has 3 nitrogen and oxygen atoms in total. The highest BCUT2D eigenvalue weighted by Gasteiger charge is 2.06. The second-order valence-corrected chi connectivity index (χ2v) is 5.82. The van der Waals surface area contributed by atoms with Gasteiger partial charge in [-0.05, 0) is 35.9 Å². The van der Waals surface area contributed by atoms with Gasteiger partial charge in [0.25, 0.3) is 0 Å². The fourth-order valence-electron chi connectivity index (χ4n) is 1.68. The molecule has 110 valence electrons. The van der Waals surface area contributed by atoms with Gasteiger partial charge in [0.1, 0.15) is 5.82 Å². The van der Waals surface area contributed by atoms with E-state index in [1.165, 1.54) is 30.0 Å². The number of hydrogen-bond donors (Lipinski definition) is 2. The normalized spacial score (nSPS) is 10.4. The minimum Gasteiger partial charge on any atom is -0.397 e. The maximum absolute atomic E-state index is 12.9. The van der Waals surface area contributed by atoms with Crippen LogP contribution >= 0.6 is 23.4 Å². The van der Waals surface area contributed by atoms with Crippen molar-refractivity contribution < 1.29 is 9.18 Å². The Morgan fingerprint density at radius 3 is 2.62 bits per heavy atom. The summed E-state index contributed by atoms with van der Waals surface area (Å²) in [5.41, 5.74) is 7.36. The van der Waals surface area contributed by atoms with Crippen LogP contribution < -0.4 is 11.1 Å². The molecule has 0 atom stereocenters. The van der Waals surface area contributed by atoms with Crippen LogP contribution in [-0.2, 0) is 10.5 Å². The third-order valence-corrected chi connectivity index (χ3v) is 3.96. The summed E-state index contributed by atoms with van der Waals surface area (Å²) in [7, 11) is 0. The van der Waals surface area contributed by atoms with E-state index in [0.717, 1.165) is 5.56 Å². The maximum Gasteiger partial charge on any atom is 0.234 e. The fourth-order valence-corrected chi connectivity index (χ4v) is 2.59. The molecule has 2 aromatic rings. The molecule has 0 aromatic heterocycles. The number of thioether (sulfide) groups is 1. The zero-order valence-electron chi connectivity index (χ0n) is 11.1. The number of carbonyl (C=O) groups is 1. The first-order valence-corrected chi connectivity index (χ1v) is 7.75. The highest BCUT2D eigenvalue weighted by molar-refractivity contribution is 7.99. The van der Waals surface area contributed by atoms with Crippen molar-refractivity contribution in [3.05, 3.63) is 58.9 Å². The summed E-state index contributed by atoms with van der Waals surface area (Å²) in [6.45, 7) is 0. The van der Waals surface area contributed by atoms with E-state index < -0.39 is 5.82 Å². The Morgan fingerprint density at radius 1 is 1.24 bits per heavy atom. The topological polar surface area (TPSA) is 55.1 Å². The highest BCUT2D eigenvalue weighted by Crippen LogP contribution is 2.20. The largest absolute Gasteiger partial charge is 0.397 e. The summed E-state index contributed by atoms with van der Waals surface area (Å²) in [6, 6.07) is 11.4. The van der Waals surface area contributed by atoms with Gasteiger partial charge in [-0.25, -0.2) is 4.39 Å². The number of nitrogens with two attached hydrogens (primary N) is 1. The Balaban J connectivity index is 1.81. The first kappa shape index (κ1) is 15.7. The lowest BCUT2D eigenvalue weighted by Crippen LogP contribution is -2.15. The molecule has 0 bridgehead atoms. The van der Waals surface area contributed by atoms with Crippen LogP contribution in [0.3, 0.4) is 0 Å². The second-order valence-electron chi connectivity index (χ2n) is 4.40. The van der Waals surface area contributed by atoms with Crippen molar-refractivity contribution in [3.63, 3.8) is 0 Å². The van der Waals surface area contributed by atoms with Gasteiger partial charge in [-0.2, -0.15) is 0 Å². The number of nitrogen functional groups attached to an aromatic ring is 1. The van der Waals surface area contributed by atoms with Crippen LogP contribution in [0, 0.1) is 5.82 Å². The minimum atomic E-state index is -0.428. The smallest absolute Gasteiger partial charge is 0.234 e. The third-order valence-electron chi connectivity index (χ3n) is 2.70. The van der Waals surface area contributed by atoms with E-state index in [1.54, 1.807) is 0 Å². The summed E-state index contributed by atoms with van der Waals surface area (Å²) < 4.78 is 12.9. The molecule has 1 amide bonds. The van der Waals surface area contributed by atoms with E-state index in [1.807, 2.05) is 24.3 Å². The van der Waals surface area contributed by atoms with Crippen LogP contribution in [0.15, 0.2) is 42.5 Å². The minimum absolute atomic E-state index is 0.174. The first-order chi connectivity index (χ1) is 10.0. The summed E-state index contributed by atoms with van der Waals surface area (Å²) in [5.74, 6) is 0.401. The van der Waals surface area contributed by atoms with Crippen molar-refractivity contribution in [3.8, 4) is 0 Å². The van der Waals surface area contributed by atoms with Gasteiger partial charge < -0.3 is 11.1 Å². The van der Waals surface area contributed by atoms with Crippen LogP contribution in [0.5, 0.6) is 0 Å². The molecule has 0 heterocycles. The number of nitrogens with one attached hydrogen (secondary N) is 1. The molecular weight excluding hydrogens is 311 g/mol. The van der Waals surface area contributed by atoms with Gasteiger partial charge in [0.15, 0.2) is 0 Å². The van der Waals surface area contributed by atoms with Crippen LogP contribution in [-0.4, -0.2) is 11.7 Å². The number of amides is 1. The van der Waals surface area contributed by atoms with Crippen molar-refractivity contribution in [2.45, 2.75) is 5.75 Å². The number of halogens is 2. The lowest BCUT2D eigenvalue weighted by atomic mass is 10.2. The quantitative estimate of drug-likeness (QED) is 0.819. The SMILES string of the molecule is Nc1cc(F)ccc1NC(=O)CSCc1ccc(Cl)cc1. The Bertz CT molecular complexity index is 634. The Morgan fingerprint density at radius 2 is 1.95 bits per heavy atom. The van der Waals surface area contributed by atoms with E-state index >= 15 is 0 Å². The molecule has 0 fully saturated rings. The molecule has 0 radical (unpaired) electrons. The molecule has 0 saturated heterocycles. The molecule has 2 aromatic carbocycles. The van der Waals surface area contributed by atoms with E-state index in [0.29, 0.717) is 22.2 Å². The van der Waals surface area contributed by atoms with Gasteiger partial charge in [-0.3, -0.25) is 4.79 Å². The monoisotopic (exact) mass is 324 g/mol. The molecule has 0 aliphatic rings. The number of rotatable bonds is 5. The van der Waals surface area contributed by atoms with Gasteiger partial charge in [-0.1, -0.05) is 23.7 Å². The summed E-state index contributed by atoms with van der Waals surface area (Å²) in [5, 5.41) is 3.35. The van der Waals surface area contributed by atoms with Crippen LogP contribution in [0.25, 0.3) is 0 Å². The van der Waals surface area contributed by atoms with Gasteiger partial charge in [-0.15, -0.1) is 11.8 Å². The zero-order valence-corrected chi connectivity index (χ0v) is 12.7. The Hall–Kier alpha value is -1.72. The number of hydrogen-bond acceptors (Lipinski definition) is 3. The van der Waals surface area contributed by atoms with Gasteiger partial charge in [0, 0.05) is 10.8 Å². The molecule has 0 spiro atoms. The molecule has 0 unspecified atom stereocenters. The van der Waals surface area contributed by atoms with Crippen molar-refractivity contribution in [1.29, 1.82) is 0 Å². The van der Waals surface area contributed by atoms with E-state index in [-0.39, 0.29) is 11.6 Å². The molecule has 0 aliphatic heterocycles. The number of carbonyl (C=O) groups excluding carboxylic acids is 1. The lowest BCUT2D eigenvalue weighted by molar-refractivity contribution is -0.113. The molecule has 21 heavy (non-hydrogen) atoms. The van der Waals surface area contributed by atoms with Gasteiger partial charge in [0.05, 0.1) is 17.1 Å². The maximum atomic E-state index is 12.9. The van der Waals surface area contributed by atoms with Crippen LogP contribution in [0.1, 0.15) is 5.56 Å². The second kappa shape index (κ2) is 7.33. The zero-order chi connectivity index (χ0) is 15.2. The Labute approximate surface area is 131 Å².